The highest BCUT2D eigenvalue weighted by Gasteiger charge is 2.29. The highest BCUT2D eigenvalue weighted by molar-refractivity contribution is 5.79. The summed E-state index contributed by atoms with van der Waals surface area (Å²) in [6.07, 6.45) is 6.01. The highest BCUT2D eigenvalue weighted by atomic mass is 16.5. The van der Waals surface area contributed by atoms with E-state index in [2.05, 4.69) is 5.92 Å². The molecule has 1 aliphatic rings. The van der Waals surface area contributed by atoms with Crippen LogP contribution >= 0.6 is 0 Å². The van der Waals surface area contributed by atoms with Crippen LogP contribution in [0.1, 0.15) is 33.6 Å². The predicted molar refractivity (Wildman–Crippen MR) is 68.5 cm³/mol. The topological polar surface area (TPSA) is 46.6 Å². The first-order valence-electron chi connectivity index (χ1n) is 6.41. The average molecular weight is 251 g/mol. The largest absolute Gasteiger partial charge is 0.449 e. The van der Waals surface area contributed by atoms with Crippen LogP contribution in [0.25, 0.3) is 0 Å². The van der Waals surface area contributed by atoms with Gasteiger partial charge in [-0.2, -0.15) is 0 Å². The fourth-order valence-corrected chi connectivity index (χ4v) is 2.01. The Morgan fingerprint density at radius 2 is 1.83 bits per heavy atom. The fourth-order valence-electron chi connectivity index (χ4n) is 2.01. The Balaban J connectivity index is 2.42. The number of hydrogen-bond donors (Lipinski definition) is 0. The summed E-state index contributed by atoms with van der Waals surface area (Å²) in [6.45, 7) is 6.70. The summed E-state index contributed by atoms with van der Waals surface area (Å²) in [7, 11) is 0. The minimum absolute atomic E-state index is 0.00923. The molecule has 1 aliphatic heterocycles. The Bertz CT molecular complexity index is 349. The van der Waals surface area contributed by atoms with Crippen LogP contribution < -0.4 is 0 Å². The summed E-state index contributed by atoms with van der Waals surface area (Å²) in [5.41, 5.74) is 0. The smallest absolute Gasteiger partial charge is 0.310 e. The van der Waals surface area contributed by atoms with Gasteiger partial charge in [0.15, 0.2) is 6.10 Å². The van der Waals surface area contributed by atoms with Crippen molar-refractivity contribution in [2.75, 3.05) is 13.1 Å². The van der Waals surface area contributed by atoms with E-state index in [9.17, 15) is 9.59 Å². The number of amides is 1. The second-order valence-electron chi connectivity index (χ2n) is 5.00. The van der Waals surface area contributed by atoms with E-state index in [4.69, 9.17) is 11.2 Å². The summed E-state index contributed by atoms with van der Waals surface area (Å²) in [4.78, 5) is 25.4. The average Bonchev–Trinajstić information content (AvgIpc) is 2.37. The third-order valence-corrected chi connectivity index (χ3v) is 3.16. The third-order valence-electron chi connectivity index (χ3n) is 3.16. The van der Waals surface area contributed by atoms with E-state index in [1.165, 1.54) is 0 Å². The number of piperidine rings is 1. The minimum Gasteiger partial charge on any atom is -0.449 e. The highest BCUT2D eigenvalue weighted by Crippen LogP contribution is 2.20. The molecule has 1 amide bonds. The van der Waals surface area contributed by atoms with Crippen LogP contribution in [0.5, 0.6) is 0 Å². The van der Waals surface area contributed by atoms with Crippen molar-refractivity contribution in [2.24, 2.45) is 11.8 Å². The zero-order valence-electron chi connectivity index (χ0n) is 11.3. The van der Waals surface area contributed by atoms with Crippen molar-refractivity contribution in [3.8, 4) is 12.3 Å². The number of hydrogen-bond acceptors (Lipinski definition) is 3. The van der Waals surface area contributed by atoms with Gasteiger partial charge in [0.2, 0.25) is 5.91 Å². The lowest BCUT2D eigenvalue weighted by atomic mass is 9.96. The van der Waals surface area contributed by atoms with E-state index in [1.807, 2.05) is 18.7 Å². The Morgan fingerprint density at radius 1 is 1.28 bits per heavy atom. The van der Waals surface area contributed by atoms with Gasteiger partial charge in [0, 0.05) is 19.0 Å². The molecule has 1 rings (SSSR count). The molecule has 0 radical (unpaired) electrons. The Kier molecular flexibility index (Phi) is 5.21. The molecule has 1 atom stereocenters. The number of ether oxygens (including phenoxy) is 1. The number of carbonyl (C=O) groups is 2. The molecule has 1 fully saturated rings. The molecular formula is C14H21NO3. The van der Waals surface area contributed by atoms with Crippen LogP contribution in [0.15, 0.2) is 0 Å². The van der Waals surface area contributed by atoms with Crippen molar-refractivity contribution >= 4 is 11.9 Å². The molecule has 0 bridgehead atoms. The van der Waals surface area contributed by atoms with Crippen LogP contribution in [0.2, 0.25) is 0 Å². The zero-order chi connectivity index (χ0) is 13.7. The van der Waals surface area contributed by atoms with Gasteiger partial charge in [0.1, 0.15) is 0 Å². The van der Waals surface area contributed by atoms with E-state index in [-0.39, 0.29) is 23.7 Å². The Morgan fingerprint density at radius 3 is 2.28 bits per heavy atom. The van der Waals surface area contributed by atoms with Crippen molar-refractivity contribution in [1.29, 1.82) is 0 Å². The third kappa shape index (κ3) is 3.76. The second kappa shape index (κ2) is 6.44. The molecule has 0 spiro atoms. The van der Waals surface area contributed by atoms with Crippen molar-refractivity contribution in [3.05, 3.63) is 0 Å². The van der Waals surface area contributed by atoms with Gasteiger partial charge < -0.3 is 9.64 Å². The predicted octanol–water partition coefficient (Wildman–Crippen LogP) is 1.45. The van der Waals surface area contributed by atoms with Gasteiger partial charge in [-0.15, -0.1) is 6.42 Å². The molecule has 0 aromatic rings. The van der Waals surface area contributed by atoms with Gasteiger partial charge in [-0.1, -0.05) is 19.8 Å². The summed E-state index contributed by atoms with van der Waals surface area (Å²) in [6, 6.07) is 0. The Hall–Kier alpha value is -1.50. The maximum atomic E-state index is 11.8. The number of rotatable bonds is 3. The number of terminal acetylenes is 1. The van der Waals surface area contributed by atoms with Crippen LogP contribution in [0, 0.1) is 24.2 Å². The first-order valence-corrected chi connectivity index (χ1v) is 6.41. The first kappa shape index (κ1) is 14.6. The van der Waals surface area contributed by atoms with Gasteiger partial charge in [-0.25, -0.2) is 0 Å². The molecule has 18 heavy (non-hydrogen) atoms. The van der Waals surface area contributed by atoms with Crippen molar-refractivity contribution in [3.63, 3.8) is 0 Å². The molecule has 4 nitrogen and oxygen atoms in total. The van der Waals surface area contributed by atoms with E-state index in [0.717, 1.165) is 0 Å². The van der Waals surface area contributed by atoms with Crippen LogP contribution in [0.4, 0.5) is 0 Å². The maximum absolute atomic E-state index is 11.8. The number of carbonyl (C=O) groups excluding carboxylic acids is 2. The molecule has 1 saturated heterocycles. The summed E-state index contributed by atoms with van der Waals surface area (Å²) >= 11 is 0. The van der Waals surface area contributed by atoms with E-state index < -0.39 is 6.10 Å². The lowest BCUT2D eigenvalue weighted by molar-refractivity contribution is -0.154. The molecule has 0 aliphatic carbocycles. The van der Waals surface area contributed by atoms with Gasteiger partial charge in [0.05, 0.1) is 5.92 Å². The molecule has 0 saturated carbocycles. The van der Waals surface area contributed by atoms with E-state index >= 15 is 0 Å². The molecule has 4 heteroatoms. The van der Waals surface area contributed by atoms with Gasteiger partial charge >= 0.3 is 5.97 Å². The van der Waals surface area contributed by atoms with Crippen LogP contribution in [-0.4, -0.2) is 36.0 Å². The zero-order valence-corrected chi connectivity index (χ0v) is 11.3. The molecule has 0 aromatic carbocycles. The normalized spacial score (nSPS) is 18.3. The van der Waals surface area contributed by atoms with Gasteiger partial charge in [0.25, 0.3) is 0 Å². The van der Waals surface area contributed by atoms with E-state index in [0.29, 0.717) is 25.9 Å². The lowest BCUT2D eigenvalue weighted by Gasteiger charge is -2.32. The fraction of sp³-hybridized carbons (Fsp3) is 0.714. The molecule has 1 heterocycles. The van der Waals surface area contributed by atoms with Crippen LogP contribution in [0.3, 0.4) is 0 Å². The summed E-state index contributed by atoms with van der Waals surface area (Å²) in [5, 5.41) is 0. The molecule has 100 valence electrons. The van der Waals surface area contributed by atoms with Crippen molar-refractivity contribution < 1.29 is 14.3 Å². The Labute approximate surface area is 109 Å². The minimum atomic E-state index is -0.479. The first-order chi connectivity index (χ1) is 8.45. The van der Waals surface area contributed by atoms with Crippen molar-refractivity contribution in [1.82, 2.24) is 4.90 Å². The molecule has 0 N–H and O–H groups in total. The monoisotopic (exact) mass is 251 g/mol. The van der Waals surface area contributed by atoms with Gasteiger partial charge in [-0.3, -0.25) is 9.59 Å². The lowest BCUT2D eigenvalue weighted by Crippen LogP contribution is -2.42. The quantitative estimate of drug-likeness (QED) is 0.563. The van der Waals surface area contributed by atoms with E-state index in [1.54, 1.807) is 6.92 Å². The SMILES string of the molecule is C#C[C@H](C)OC(=O)C1CCN(C(=O)C(C)C)CC1. The molecular weight excluding hydrogens is 230 g/mol. The number of nitrogens with zero attached hydrogens (tertiary/aromatic N) is 1. The van der Waals surface area contributed by atoms with Gasteiger partial charge in [-0.05, 0) is 19.8 Å². The van der Waals surface area contributed by atoms with Crippen LogP contribution in [-0.2, 0) is 14.3 Å². The maximum Gasteiger partial charge on any atom is 0.310 e. The summed E-state index contributed by atoms with van der Waals surface area (Å²) < 4.78 is 5.10. The second-order valence-corrected chi connectivity index (χ2v) is 5.00. The molecule has 0 aromatic heterocycles. The molecule has 0 unspecified atom stereocenters. The number of esters is 1. The number of likely N-dealkylation sites (tertiary alicyclic amines) is 1. The standard InChI is InChI=1S/C14H21NO3/c1-5-11(4)18-14(17)12-6-8-15(9-7-12)13(16)10(2)3/h1,10-12H,6-9H2,2-4H3/t11-/m0/s1. The summed E-state index contributed by atoms with van der Waals surface area (Å²) in [5.74, 6) is 2.16. The van der Waals surface area contributed by atoms with Crippen molar-refractivity contribution in [2.45, 2.75) is 39.7 Å².